The number of aliphatic hydroxyl groups excluding tert-OH is 1. The van der Waals surface area contributed by atoms with E-state index in [-0.39, 0.29) is 42.3 Å². The summed E-state index contributed by atoms with van der Waals surface area (Å²) in [5, 5.41) is 17.4. The van der Waals surface area contributed by atoms with Crippen LogP contribution in [0.5, 0.6) is 0 Å². The third-order valence-corrected chi connectivity index (χ3v) is 10.9. The van der Waals surface area contributed by atoms with Gasteiger partial charge in [0.2, 0.25) is 15.9 Å². The average molecular weight is 701 g/mol. The van der Waals surface area contributed by atoms with Gasteiger partial charge >= 0.3 is 6.03 Å². The van der Waals surface area contributed by atoms with E-state index in [1.165, 1.54) is 39.9 Å². The number of anilines is 1. The van der Waals surface area contributed by atoms with Gasteiger partial charge in [-0.1, -0.05) is 58.0 Å². The van der Waals surface area contributed by atoms with Gasteiger partial charge in [0.05, 0.1) is 35.9 Å². The van der Waals surface area contributed by atoms with E-state index in [1.807, 2.05) is 63.4 Å². The van der Waals surface area contributed by atoms with Crippen LogP contribution in [-0.4, -0.2) is 96.0 Å². The first-order valence-corrected chi connectivity index (χ1v) is 18.5. The summed E-state index contributed by atoms with van der Waals surface area (Å²) in [4.78, 5) is 35.5. The summed E-state index contributed by atoms with van der Waals surface area (Å²) in [5.41, 5.74) is 7.86. The zero-order valence-corrected chi connectivity index (χ0v) is 29.9. The molecule has 0 saturated carbocycles. The maximum absolute atomic E-state index is 14.1. The molecule has 3 aromatic rings. The number of hydrogen-bond donors (Lipinski definition) is 3. The number of aliphatic hydroxyl groups is 1. The maximum atomic E-state index is 14.1. The number of nitrogens with two attached hydrogens (primary N) is 1. The van der Waals surface area contributed by atoms with E-state index < -0.39 is 34.1 Å². The molecule has 0 aliphatic carbocycles. The molecule has 3 amide bonds. The van der Waals surface area contributed by atoms with Crippen LogP contribution in [0.15, 0.2) is 64.9 Å². The number of ether oxygens (including phenoxy) is 1. The molecule has 3 atom stereocenters. The van der Waals surface area contributed by atoms with E-state index in [2.05, 4.69) is 10.3 Å². The Hall–Kier alpha value is -3.56. The van der Waals surface area contributed by atoms with Gasteiger partial charge in [-0.05, 0) is 48.1 Å². The highest BCUT2D eigenvalue weighted by Crippen LogP contribution is 2.23. The van der Waals surface area contributed by atoms with Crippen molar-refractivity contribution in [3.05, 3.63) is 76.2 Å². The van der Waals surface area contributed by atoms with E-state index in [9.17, 15) is 23.1 Å². The van der Waals surface area contributed by atoms with Crippen molar-refractivity contribution in [3.8, 4) is 0 Å². The summed E-state index contributed by atoms with van der Waals surface area (Å²) < 4.78 is 33.9. The van der Waals surface area contributed by atoms with E-state index in [0.717, 1.165) is 16.3 Å². The zero-order chi connectivity index (χ0) is 35.0. The Bertz CT molecular complexity index is 1600. The van der Waals surface area contributed by atoms with Gasteiger partial charge < -0.3 is 30.7 Å². The Balaban J connectivity index is 1.55. The minimum Gasteiger partial charge on any atom is -0.399 e. The number of methoxy groups -OCH3 is 1. The third kappa shape index (κ3) is 9.53. The summed E-state index contributed by atoms with van der Waals surface area (Å²) in [6.07, 6.45) is -1.01. The molecule has 2 aromatic carbocycles. The van der Waals surface area contributed by atoms with Crippen LogP contribution in [0.3, 0.4) is 0 Å². The maximum Gasteiger partial charge on any atom is 0.321 e. The highest BCUT2D eigenvalue weighted by molar-refractivity contribution is 7.89. The van der Waals surface area contributed by atoms with Crippen LogP contribution >= 0.6 is 11.3 Å². The van der Waals surface area contributed by atoms with E-state index in [4.69, 9.17) is 10.5 Å². The van der Waals surface area contributed by atoms with Gasteiger partial charge in [0.15, 0.2) is 0 Å². The second kappa shape index (κ2) is 16.7. The topological polar surface area (TPSA) is 158 Å². The summed E-state index contributed by atoms with van der Waals surface area (Å²) in [6, 6.07) is 13.4. The molecule has 4 N–H and O–H groups in total. The van der Waals surface area contributed by atoms with Gasteiger partial charge in [0.25, 0.3) is 0 Å². The fourth-order valence-electron chi connectivity index (χ4n) is 5.84. The lowest BCUT2D eigenvalue weighted by Gasteiger charge is -2.34. The normalized spacial score (nSPS) is 15.8. The molecule has 1 aliphatic heterocycles. The Labute approximate surface area is 287 Å². The van der Waals surface area contributed by atoms with Gasteiger partial charge in [-0.2, -0.15) is 4.31 Å². The lowest BCUT2D eigenvalue weighted by atomic mass is 9.97. The molecular weight excluding hydrogens is 653 g/mol. The number of sulfonamides is 1. The minimum absolute atomic E-state index is 0.0341. The number of nitrogen functional groups attached to an aromatic ring is 1. The molecule has 2 heterocycles. The smallest absolute Gasteiger partial charge is 0.321 e. The minimum atomic E-state index is -3.99. The third-order valence-electron chi connectivity index (χ3n) is 8.15. The Morgan fingerprint density at radius 1 is 1.08 bits per heavy atom. The SMILES string of the molecule is COCc1nc(CN2CCN([C@H](C(=O)N[C@@H](Cc3ccccc3)[C@@H](O)CN(CC(C)C)S(=O)(=O)c3ccc(N)cc3)C(C)C)C2=O)cs1. The molecule has 0 bridgehead atoms. The molecule has 12 nitrogen and oxygen atoms in total. The fraction of sp³-hybridized carbons (Fsp3) is 0.500. The molecule has 0 spiro atoms. The average Bonchev–Trinajstić information content (AvgIpc) is 3.63. The molecule has 262 valence electrons. The lowest BCUT2D eigenvalue weighted by molar-refractivity contribution is -0.128. The molecule has 1 aliphatic rings. The first-order valence-electron chi connectivity index (χ1n) is 16.2. The van der Waals surface area contributed by atoms with Crippen LogP contribution in [0, 0.1) is 11.8 Å². The predicted octanol–water partition coefficient (Wildman–Crippen LogP) is 3.57. The summed E-state index contributed by atoms with van der Waals surface area (Å²) in [5.74, 6) is -0.680. The van der Waals surface area contributed by atoms with Gasteiger partial charge in [0.1, 0.15) is 11.0 Å². The number of hydrogen-bond acceptors (Lipinski definition) is 9. The van der Waals surface area contributed by atoms with Crippen molar-refractivity contribution in [1.82, 2.24) is 24.4 Å². The van der Waals surface area contributed by atoms with Gasteiger partial charge in [-0.3, -0.25) is 4.79 Å². The molecule has 1 fully saturated rings. The number of carbonyl (C=O) groups is 2. The van der Waals surface area contributed by atoms with E-state index >= 15 is 0 Å². The fourth-order valence-corrected chi connectivity index (χ4v) is 8.22. The second-order valence-electron chi connectivity index (χ2n) is 12.9. The Morgan fingerprint density at radius 3 is 2.40 bits per heavy atom. The summed E-state index contributed by atoms with van der Waals surface area (Å²) in [7, 11) is -2.39. The highest BCUT2D eigenvalue weighted by atomic mass is 32.2. The van der Waals surface area contributed by atoms with Crippen molar-refractivity contribution in [2.75, 3.05) is 39.0 Å². The van der Waals surface area contributed by atoms with E-state index in [1.54, 1.807) is 16.9 Å². The van der Waals surface area contributed by atoms with Crippen molar-refractivity contribution < 1.29 is 27.9 Å². The Kier molecular flexibility index (Phi) is 13.0. The molecule has 48 heavy (non-hydrogen) atoms. The number of thiazole rings is 1. The first kappa shape index (κ1) is 37.3. The van der Waals surface area contributed by atoms with Crippen LogP contribution in [0.1, 0.15) is 44.0 Å². The number of nitrogens with one attached hydrogen (secondary N) is 1. The number of amides is 3. The first-order chi connectivity index (χ1) is 22.8. The number of rotatable bonds is 17. The van der Waals surface area contributed by atoms with Crippen molar-refractivity contribution in [1.29, 1.82) is 0 Å². The molecule has 1 aromatic heterocycles. The summed E-state index contributed by atoms with van der Waals surface area (Å²) in [6.45, 7) is 9.00. The van der Waals surface area contributed by atoms with Crippen LogP contribution in [0.2, 0.25) is 0 Å². The lowest BCUT2D eigenvalue weighted by Crippen LogP contribution is -2.57. The van der Waals surface area contributed by atoms with Crippen molar-refractivity contribution in [2.45, 2.75) is 70.4 Å². The largest absolute Gasteiger partial charge is 0.399 e. The van der Waals surface area contributed by atoms with Gasteiger partial charge in [-0.25, -0.2) is 18.2 Å². The molecule has 1 saturated heterocycles. The quantitative estimate of drug-likeness (QED) is 0.181. The number of aromatic nitrogens is 1. The van der Waals surface area contributed by atoms with E-state index in [0.29, 0.717) is 31.9 Å². The monoisotopic (exact) mass is 700 g/mol. The van der Waals surface area contributed by atoms with Crippen molar-refractivity contribution in [2.24, 2.45) is 11.8 Å². The molecule has 0 unspecified atom stereocenters. The molecular formula is C34H48N6O6S2. The molecule has 14 heteroatoms. The number of benzene rings is 2. The molecule has 0 radical (unpaired) electrons. The number of nitrogens with zero attached hydrogens (tertiary/aromatic N) is 4. The van der Waals surface area contributed by atoms with Crippen LogP contribution in [0.4, 0.5) is 10.5 Å². The summed E-state index contributed by atoms with van der Waals surface area (Å²) >= 11 is 1.47. The van der Waals surface area contributed by atoms with Crippen molar-refractivity contribution >= 4 is 39.0 Å². The van der Waals surface area contributed by atoms with Gasteiger partial charge in [0, 0.05) is 44.4 Å². The van der Waals surface area contributed by atoms with Gasteiger partial charge in [-0.15, -0.1) is 11.3 Å². The highest BCUT2D eigenvalue weighted by Gasteiger charge is 2.40. The van der Waals surface area contributed by atoms with Crippen LogP contribution in [-0.2, 0) is 39.1 Å². The number of carbonyl (C=O) groups excluding carboxylic acids is 2. The van der Waals surface area contributed by atoms with Crippen LogP contribution < -0.4 is 11.1 Å². The zero-order valence-electron chi connectivity index (χ0n) is 28.3. The Morgan fingerprint density at radius 2 is 1.77 bits per heavy atom. The number of urea groups is 1. The standard InChI is InChI=1S/C34H48N6O6S2/c1-23(2)18-39(48(44,45)28-13-11-26(35)12-14-28)20-30(41)29(17-25-9-7-6-8-10-25)37-33(42)32(24(3)4)40-16-15-38(34(40)43)19-27-22-47-31(36-27)21-46-5/h6-14,22-24,29-30,32,41H,15-21,35H2,1-5H3,(H,37,42)/t29-,30-,32-/m0/s1. The second-order valence-corrected chi connectivity index (χ2v) is 15.8. The molecule has 4 rings (SSSR count). The van der Waals surface area contributed by atoms with Crippen LogP contribution in [0.25, 0.3) is 0 Å². The predicted molar refractivity (Wildman–Crippen MR) is 186 cm³/mol. The van der Waals surface area contributed by atoms with Crippen molar-refractivity contribution in [3.63, 3.8) is 0 Å².